The van der Waals surface area contributed by atoms with Gasteiger partial charge in [0.25, 0.3) is 0 Å². The van der Waals surface area contributed by atoms with Crippen LogP contribution in [-0.4, -0.2) is 30.0 Å². The minimum absolute atomic E-state index is 0.191. The van der Waals surface area contributed by atoms with Gasteiger partial charge in [-0.25, -0.2) is 0 Å². The first-order valence-corrected chi connectivity index (χ1v) is 9.14. The van der Waals surface area contributed by atoms with Gasteiger partial charge in [-0.2, -0.15) is 11.8 Å². The van der Waals surface area contributed by atoms with E-state index in [-0.39, 0.29) is 11.9 Å². The molecule has 2 unspecified atom stereocenters. The van der Waals surface area contributed by atoms with Crippen molar-refractivity contribution in [1.29, 1.82) is 0 Å². The zero-order valence-corrected chi connectivity index (χ0v) is 13.2. The SMILES string of the molecule is O=C(CC1CSCCN1)NC(c1ccccc1)C1CCC1. The zero-order valence-electron chi connectivity index (χ0n) is 12.4. The van der Waals surface area contributed by atoms with Crippen molar-refractivity contribution in [3.8, 4) is 0 Å². The molecule has 1 aliphatic heterocycles. The van der Waals surface area contributed by atoms with E-state index in [2.05, 4.69) is 34.9 Å². The average Bonchev–Trinajstić information content (AvgIpc) is 2.47. The molecule has 2 N–H and O–H groups in total. The van der Waals surface area contributed by atoms with E-state index in [4.69, 9.17) is 0 Å². The number of hydrogen-bond acceptors (Lipinski definition) is 3. The molecule has 2 atom stereocenters. The molecular formula is C17H24N2OS. The summed E-state index contributed by atoms with van der Waals surface area (Å²) in [6.07, 6.45) is 4.36. The normalized spacial score (nSPS) is 24.1. The monoisotopic (exact) mass is 304 g/mol. The molecule has 3 nitrogen and oxygen atoms in total. The van der Waals surface area contributed by atoms with Crippen LogP contribution in [0.25, 0.3) is 0 Å². The number of rotatable bonds is 5. The Hall–Kier alpha value is -1.00. The van der Waals surface area contributed by atoms with Gasteiger partial charge in [-0.3, -0.25) is 4.79 Å². The summed E-state index contributed by atoms with van der Waals surface area (Å²) in [7, 11) is 0. The van der Waals surface area contributed by atoms with Crippen molar-refractivity contribution in [1.82, 2.24) is 10.6 Å². The van der Waals surface area contributed by atoms with Gasteiger partial charge in [-0.05, 0) is 24.3 Å². The molecule has 1 saturated heterocycles. The summed E-state index contributed by atoms with van der Waals surface area (Å²) in [5, 5.41) is 6.73. The molecule has 1 amide bonds. The standard InChI is InChI=1S/C17H24N2OS/c20-16(11-15-12-21-10-9-18-15)19-17(14-7-4-8-14)13-5-2-1-3-6-13/h1-3,5-6,14-15,17-18H,4,7-12H2,(H,19,20). The Labute approximate surface area is 131 Å². The highest BCUT2D eigenvalue weighted by Crippen LogP contribution is 2.37. The molecule has 1 aromatic rings. The van der Waals surface area contributed by atoms with Crippen LogP contribution in [0.2, 0.25) is 0 Å². The summed E-state index contributed by atoms with van der Waals surface area (Å²) in [4.78, 5) is 12.4. The fourth-order valence-corrected chi connectivity index (χ4v) is 4.06. The van der Waals surface area contributed by atoms with Gasteiger partial charge in [-0.15, -0.1) is 0 Å². The zero-order chi connectivity index (χ0) is 14.5. The molecular weight excluding hydrogens is 280 g/mol. The third-order valence-corrected chi connectivity index (χ3v) is 5.66. The van der Waals surface area contributed by atoms with Crippen LogP contribution >= 0.6 is 11.8 Å². The number of thioether (sulfide) groups is 1. The van der Waals surface area contributed by atoms with E-state index in [0.717, 1.165) is 18.1 Å². The van der Waals surface area contributed by atoms with Crippen LogP contribution < -0.4 is 10.6 Å². The first kappa shape index (κ1) is 14.9. The Kier molecular flexibility index (Phi) is 5.20. The molecule has 21 heavy (non-hydrogen) atoms. The first-order valence-electron chi connectivity index (χ1n) is 7.98. The van der Waals surface area contributed by atoms with E-state index in [1.807, 2.05) is 17.8 Å². The predicted molar refractivity (Wildman–Crippen MR) is 88.4 cm³/mol. The van der Waals surface area contributed by atoms with Crippen LogP contribution in [0.3, 0.4) is 0 Å². The van der Waals surface area contributed by atoms with Gasteiger partial charge in [-0.1, -0.05) is 36.8 Å². The van der Waals surface area contributed by atoms with Gasteiger partial charge >= 0.3 is 0 Å². The molecule has 1 aliphatic carbocycles. The molecule has 1 saturated carbocycles. The largest absolute Gasteiger partial charge is 0.349 e. The molecule has 2 aliphatic rings. The lowest BCUT2D eigenvalue weighted by Crippen LogP contribution is -2.43. The molecule has 2 fully saturated rings. The highest BCUT2D eigenvalue weighted by atomic mass is 32.2. The topological polar surface area (TPSA) is 41.1 Å². The Morgan fingerprint density at radius 3 is 2.76 bits per heavy atom. The number of carbonyl (C=O) groups is 1. The third kappa shape index (κ3) is 4.01. The number of carbonyl (C=O) groups excluding carboxylic acids is 1. The first-order chi connectivity index (χ1) is 10.3. The fraction of sp³-hybridized carbons (Fsp3) is 0.588. The molecule has 1 heterocycles. The second-order valence-electron chi connectivity index (χ2n) is 6.08. The lowest BCUT2D eigenvalue weighted by atomic mass is 9.77. The van der Waals surface area contributed by atoms with E-state index in [0.29, 0.717) is 18.4 Å². The second-order valence-corrected chi connectivity index (χ2v) is 7.23. The maximum atomic E-state index is 12.4. The second kappa shape index (κ2) is 7.32. The fourth-order valence-electron chi connectivity index (χ4n) is 3.11. The summed E-state index contributed by atoms with van der Waals surface area (Å²) in [5.74, 6) is 3.01. The Balaban J connectivity index is 1.60. The van der Waals surface area contributed by atoms with Gasteiger partial charge in [0.2, 0.25) is 5.91 Å². The van der Waals surface area contributed by atoms with Crippen molar-refractivity contribution in [2.24, 2.45) is 5.92 Å². The summed E-state index contributed by atoms with van der Waals surface area (Å²) in [5.41, 5.74) is 1.25. The summed E-state index contributed by atoms with van der Waals surface area (Å²) >= 11 is 1.94. The minimum atomic E-state index is 0.191. The van der Waals surface area contributed by atoms with Crippen molar-refractivity contribution in [2.75, 3.05) is 18.1 Å². The molecule has 0 radical (unpaired) electrons. The number of amides is 1. The van der Waals surface area contributed by atoms with Crippen molar-refractivity contribution in [3.05, 3.63) is 35.9 Å². The molecule has 1 aromatic carbocycles. The Morgan fingerprint density at radius 1 is 1.33 bits per heavy atom. The van der Waals surface area contributed by atoms with Crippen LogP contribution in [-0.2, 0) is 4.79 Å². The van der Waals surface area contributed by atoms with E-state index in [1.165, 1.54) is 24.8 Å². The summed E-state index contributed by atoms with van der Waals surface area (Å²) in [6.45, 7) is 1.02. The molecule has 0 bridgehead atoms. The lowest BCUT2D eigenvalue weighted by molar-refractivity contribution is -0.122. The van der Waals surface area contributed by atoms with Crippen molar-refractivity contribution in [3.63, 3.8) is 0 Å². The van der Waals surface area contributed by atoms with Crippen molar-refractivity contribution >= 4 is 17.7 Å². The lowest BCUT2D eigenvalue weighted by Gasteiger charge is -2.35. The molecule has 0 aromatic heterocycles. The Bertz CT molecular complexity index is 455. The van der Waals surface area contributed by atoms with Gasteiger partial charge in [0, 0.05) is 30.5 Å². The van der Waals surface area contributed by atoms with Crippen molar-refractivity contribution in [2.45, 2.75) is 37.8 Å². The quantitative estimate of drug-likeness (QED) is 0.879. The van der Waals surface area contributed by atoms with Gasteiger partial charge in [0.1, 0.15) is 0 Å². The molecule has 4 heteroatoms. The maximum absolute atomic E-state index is 12.4. The number of hydrogen-bond donors (Lipinski definition) is 2. The van der Waals surface area contributed by atoms with E-state index < -0.39 is 0 Å². The number of nitrogens with one attached hydrogen (secondary N) is 2. The third-order valence-electron chi connectivity index (χ3n) is 4.53. The predicted octanol–water partition coefficient (Wildman–Crippen LogP) is 2.74. The summed E-state index contributed by atoms with van der Waals surface area (Å²) in [6, 6.07) is 11.0. The molecule has 0 spiro atoms. The van der Waals surface area contributed by atoms with Crippen LogP contribution in [0.15, 0.2) is 30.3 Å². The van der Waals surface area contributed by atoms with Gasteiger partial charge < -0.3 is 10.6 Å². The van der Waals surface area contributed by atoms with Gasteiger partial charge in [0.15, 0.2) is 0 Å². The number of benzene rings is 1. The van der Waals surface area contributed by atoms with Crippen LogP contribution in [0.5, 0.6) is 0 Å². The van der Waals surface area contributed by atoms with E-state index >= 15 is 0 Å². The molecule has 3 rings (SSSR count). The van der Waals surface area contributed by atoms with Crippen molar-refractivity contribution < 1.29 is 4.79 Å². The minimum Gasteiger partial charge on any atom is -0.349 e. The smallest absolute Gasteiger partial charge is 0.222 e. The highest BCUT2D eigenvalue weighted by molar-refractivity contribution is 7.99. The van der Waals surface area contributed by atoms with Crippen LogP contribution in [0.4, 0.5) is 0 Å². The van der Waals surface area contributed by atoms with E-state index in [1.54, 1.807) is 0 Å². The Morgan fingerprint density at radius 2 is 2.14 bits per heavy atom. The maximum Gasteiger partial charge on any atom is 0.222 e. The van der Waals surface area contributed by atoms with Crippen LogP contribution in [0, 0.1) is 5.92 Å². The molecule has 114 valence electrons. The van der Waals surface area contributed by atoms with E-state index in [9.17, 15) is 4.79 Å². The average molecular weight is 304 g/mol. The highest BCUT2D eigenvalue weighted by Gasteiger charge is 2.30. The van der Waals surface area contributed by atoms with Gasteiger partial charge in [0.05, 0.1) is 6.04 Å². The van der Waals surface area contributed by atoms with Crippen LogP contribution in [0.1, 0.15) is 37.3 Å². The summed E-state index contributed by atoms with van der Waals surface area (Å²) < 4.78 is 0.